The lowest BCUT2D eigenvalue weighted by Gasteiger charge is -2.34. The van der Waals surface area contributed by atoms with E-state index in [1.165, 1.54) is 0 Å². The average molecular weight is 312 g/mol. The van der Waals surface area contributed by atoms with Gasteiger partial charge in [-0.05, 0) is 30.7 Å². The molecule has 0 aliphatic carbocycles. The number of carbonyl (C=O) groups is 1. The Morgan fingerprint density at radius 3 is 2.91 bits per heavy atom. The number of benzene rings is 2. The molecule has 3 rings (SSSR count). The number of nitrogens with one attached hydrogen (secondary N) is 1. The number of amides is 2. The number of anilines is 2. The molecule has 2 amide bonds. The normalized spacial score (nSPS) is 16.3. The van der Waals surface area contributed by atoms with Crippen LogP contribution in [0.1, 0.15) is 13.3 Å². The molecule has 1 heterocycles. The minimum Gasteiger partial charge on any atom is -0.497 e. The summed E-state index contributed by atoms with van der Waals surface area (Å²) in [6, 6.07) is 14.7. The van der Waals surface area contributed by atoms with Gasteiger partial charge >= 0.3 is 6.03 Å². The predicted octanol–water partition coefficient (Wildman–Crippen LogP) is 3.90. The van der Waals surface area contributed by atoms with Crippen LogP contribution in [0.4, 0.5) is 16.2 Å². The van der Waals surface area contributed by atoms with Crippen LogP contribution in [0.25, 0.3) is 0 Å². The number of rotatable bonds is 3. The molecule has 120 valence electrons. The number of para-hydroxylation sites is 2. The van der Waals surface area contributed by atoms with Gasteiger partial charge in [-0.1, -0.05) is 25.1 Å². The fourth-order valence-electron chi connectivity index (χ4n) is 2.60. The van der Waals surface area contributed by atoms with Crippen molar-refractivity contribution in [1.82, 2.24) is 0 Å². The maximum Gasteiger partial charge on any atom is 0.326 e. The highest BCUT2D eigenvalue weighted by molar-refractivity contribution is 6.03. The molecule has 23 heavy (non-hydrogen) atoms. The van der Waals surface area contributed by atoms with Crippen LogP contribution in [0, 0.1) is 0 Å². The van der Waals surface area contributed by atoms with Crippen molar-refractivity contribution < 1.29 is 14.3 Å². The molecule has 1 N–H and O–H groups in total. The smallest absolute Gasteiger partial charge is 0.326 e. The van der Waals surface area contributed by atoms with Crippen LogP contribution in [-0.4, -0.2) is 25.8 Å². The highest BCUT2D eigenvalue weighted by Gasteiger charge is 2.28. The number of nitrogens with zero attached hydrogens (tertiary/aromatic N) is 1. The third kappa shape index (κ3) is 3.23. The monoisotopic (exact) mass is 312 g/mol. The topological polar surface area (TPSA) is 50.8 Å². The minimum absolute atomic E-state index is 0.000888. The SMILES string of the molecule is CCC1CN(C(=O)Nc2cccc(OC)c2)c2ccccc2O1. The number of hydrogen-bond donors (Lipinski definition) is 1. The number of methoxy groups -OCH3 is 1. The second-order valence-electron chi connectivity index (χ2n) is 5.39. The van der Waals surface area contributed by atoms with Crippen molar-refractivity contribution >= 4 is 17.4 Å². The maximum absolute atomic E-state index is 12.7. The largest absolute Gasteiger partial charge is 0.497 e. The van der Waals surface area contributed by atoms with Crippen LogP contribution in [0.3, 0.4) is 0 Å². The number of urea groups is 1. The Bertz CT molecular complexity index is 702. The summed E-state index contributed by atoms with van der Waals surface area (Å²) in [5.74, 6) is 1.45. The van der Waals surface area contributed by atoms with Crippen molar-refractivity contribution in [1.29, 1.82) is 0 Å². The molecule has 1 unspecified atom stereocenters. The highest BCUT2D eigenvalue weighted by Crippen LogP contribution is 2.34. The lowest BCUT2D eigenvalue weighted by atomic mass is 10.1. The zero-order chi connectivity index (χ0) is 16.2. The van der Waals surface area contributed by atoms with Gasteiger partial charge in [0, 0.05) is 11.8 Å². The number of fused-ring (bicyclic) bond motifs is 1. The van der Waals surface area contributed by atoms with E-state index in [9.17, 15) is 4.79 Å². The number of carbonyl (C=O) groups excluding carboxylic acids is 1. The van der Waals surface area contributed by atoms with Crippen molar-refractivity contribution in [2.24, 2.45) is 0 Å². The van der Waals surface area contributed by atoms with E-state index in [-0.39, 0.29) is 12.1 Å². The van der Waals surface area contributed by atoms with Crippen molar-refractivity contribution in [3.63, 3.8) is 0 Å². The van der Waals surface area contributed by atoms with E-state index in [1.807, 2.05) is 42.5 Å². The molecule has 2 aromatic rings. The Kier molecular flexibility index (Phi) is 4.37. The van der Waals surface area contributed by atoms with E-state index in [0.717, 1.165) is 17.9 Å². The van der Waals surface area contributed by atoms with Gasteiger partial charge < -0.3 is 14.8 Å². The summed E-state index contributed by atoms with van der Waals surface area (Å²) >= 11 is 0. The molecule has 0 fully saturated rings. The summed E-state index contributed by atoms with van der Waals surface area (Å²) in [5.41, 5.74) is 1.49. The van der Waals surface area contributed by atoms with Gasteiger partial charge in [-0.15, -0.1) is 0 Å². The van der Waals surface area contributed by atoms with Gasteiger partial charge in [0.15, 0.2) is 0 Å². The first-order valence-electron chi connectivity index (χ1n) is 7.69. The summed E-state index contributed by atoms with van der Waals surface area (Å²) in [5, 5.41) is 2.92. The first-order valence-corrected chi connectivity index (χ1v) is 7.69. The Labute approximate surface area is 135 Å². The van der Waals surface area contributed by atoms with E-state index in [0.29, 0.717) is 18.0 Å². The van der Waals surface area contributed by atoms with Gasteiger partial charge in [-0.3, -0.25) is 4.90 Å². The van der Waals surface area contributed by atoms with Crippen molar-refractivity contribution in [3.05, 3.63) is 48.5 Å². The molecule has 0 saturated carbocycles. The second-order valence-corrected chi connectivity index (χ2v) is 5.39. The van der Waals surface area contributed by atoms with Crippen molar-refractivity contribution in [3.8, 4) is 11.5 Å². The summed E-state index contributed by atoms with van der Waals surface area (Å²) in [7, 11) is 1.60. The van der Waals surface area contributed by atoms with Crippen molar-refractivity contribution in [2.75, 3.05) is 23.9 Å². The zero-order valence-corrected chi connectivity index (χ0v) is 13.3. The number of ether oxygens (including phenoxy) is 2. The fourth-order valence-corrected chi connectivity index (χ4v) is 2.60. The summed E-state index contributed by atoms with van der Waals surface area (Å²) in [6.07, 6.45) is 0.845. The molecule has 0 saturated heterocycles. The lowest BCUT2D eigenvalue weighted by Crippen LogP contribution is -2.45. The number of hydrogen-bond acceptors (Lipinski definition) is 3. The van der Waals surface area contributed by atoms with Gasteiger partial charge in [0.25, 0.3) is 0 Å². The Hall–Kier alpha value is -2.69. The third-order valence-electron chi connectivity index (χ3n) is 3.86. The maximum atomic E-state index is 12.7. The summed E-state index contributed by atoms with van der Waals surface area (Å²) < 4.78 is 11.1. The molecule has 2 aromatic carbocycles. The fraction of sp³-hybridized carbons (Fsp3) is 0.278. The molecule has 0 bridgehead atoms. The molecule has 0 spiro atoms. The van der Waals surface area contributed by atoms with E-state index in [1.54, 1.807) is 18.1 Å². The zero-order valence-electron chi connectivity index (χ0n) is 13.3. The molecule has 1 aliphatic rings. The van der Waals surface area contributed by atoms with Crippen LogP contribution in [0.5, 0.6) is 11.5 Å². The quantitative estimate of drug-likeness (QED) is 0.935. The van der Waals surface area contributed by atoms with Crippen LogP contribution in [0.2, 0.25) is 0 Å². The molecule has 0 radical (unpaired) electrons. The van der Waals surface area contributed by atoms with Crippen LogP contribution < -0.4 is 19.7 Å². The van der Waals surface area contributed by atoms with Crippen LogP contribution in [0.15, 0.2) is 48.5 Å². The third-order valence-corrected chi connectivity index (χ3v) is 3.86. The lowest BCUT2D eigenvalue weighted by molar-refractivity contribution is 0.188. The van der Waals surface area contributed by atoms with E-state index in [4.69, 9.17) is 9.47 Å². The molecule has 1 atom stereocenters. The minimum atomic E-state index is -0.174. The second kappa shape index (κ2) is 6.60. The first-order chi connectivity index (χ1) is 11.2. The standard InChI is InChI=1S/C18H20N2O3/c1-3-14-12-20(16-9-4-5-10-17(16)23-14)18(21)19-13-7-6-8-15(11-13)22-2/h4-11,14H,3,12H2,1-2H3,(H,19,21). The molecule has 5 nitrogen and oxygen atoms in total. The van der Waals surface area contributed by atoms with Gasteiger partial charge in [0.1, 0.15) is 17.6 Å². The summed E-state index contributed by atoms with van der Waals surface area (Å²) in [4.78, 5) is 14.4. The Morgan fingerprint density at radius 2 is 2.13 bits per heavy atom. The molecular formula is C18H20N2O3. The molecule has 5 heteroatoms. The first kappa shape index (κ1) is 15.2. The van der Waals surface area contributed by atoms with Crippen LogP contribution >= 0.6 is 0 Å². The Balaban J connectivity index is 1.83. The van der Waals surface area contributed by atoms with Gasteiger partial charge in [0.05, 0.1) is 19.3 Å². The van der Waals surface area contributed by atoms with E-state index < -0.39 is 0 Å². The van der Waals surface area contributed by atoms with E-state index >= 15 is 0 Å². The molecule has 0 aromatic heterocycles. The summed E-state index contributed by atoms with van der Waals surface area (Å²) in [6.45, 7) is 2.58. The van der Waals surface area contributed by atoms with Gasteiger partial charge in [-0.25, -0.2) is 4.79 Å². The van der Waals surface area contributed by atoms with Gasteiger partial charge in [0.2, 0.25) is 0 Å². The Morgan fingerprint density at radius 1 is 1.30 bits per heavy atom. The molecular weight excluding hydrogens is 292 g/mol. The predicted molar refractivity (Wildman–Crippen MR) is 90.5 cm³/mol. The highest BCUT2D eigenvalue weighted by atomic mass is 16.5. The van der Waals surface area contributed by atoms with Crippen LogP contribution in [-0.2, 0) is 0 Å². The molecule has 1 aliphatic heterocycles. The van der Waals surface area contributed by atoms with E-state index in [2.05, 4.69) is 12.2 Å². The van der Waals surface area contributed by atoms with Crippen molar-refractivity contribution in [2.45, 2.75) is 19.4 Å². The average Bonchev–Trinajstić information content (AvgIpc) is 2.60. The van der Waals surface area contributed by atoms with Gasteiger partial charge in [-0.2, -0.15) is 0 Å².